The highest BCUT2D eigenvalue weighted by Gasteiger charge is 2.06. The van der Waals surface area contributed by atoms with Gasteiger partial charge in [0.1, 0.15) is 11.6 Å². The normalized spacial score (nSPS) is 10.5. The molecule has 0 saturated heterocycles. The molecule has 2 aromatic heterocycles. The van der Waals surface area contributed by atoms with Crippen molar-refractivity contribution in [2.45, 2.75) is 12.3 Å². The van der Waals surface area contributed by atoms with Crippen molar-refractivity contribution in [2.24, 2.45) is 0 Å². The molecule has 13 heavy (non-hydrogen) atoms. The lowest BCUT2D eigenvalue weighted by molar-refractivity contribution is 0.383. The average Bonchev–Trinajstić information content (AvgIpc) is 2.76. The van der Waals surface area contributed by atoms with E-state index in [0.29, 0.717) is 18.1 Å². The molecule has 0 aliphatic rings. The zero-order valence-corrected chi connectivity index (χ0v) is 7.49. The largest absolute Gasteiger partial charge is 0.469 e. The summed E-state index contributed by atoms with van der Waals surface area (Å²) < 4.78 is 9.95. The number of alkyl halides is 1. The highest BCUT2D eigenvalue weighted by molar-refractivity contribution is 6.16. The SMILES string of the molecule is ClCc1nc(Cc2ccco2)no1. The molecule has 2 aromatic rings. The second kappa shape index (κ2) is 3.62. The number of rotatable bonds is 3. The van der Waals surface area contributed by atoms with Crippen LogP contribution in [0.2, 0.25) is 0 Å². The Morgan fingerprint density at radius 3 is 3.00 bits per heavy atom. The molecule has 2 heterocycles. The number of aromatic nitrogens is 2. The fourth-order valence-corrected chi connectivity index (χ4v) is 1.09. The molecule has 0 saturated carbocycles. The number of halogens is 1. The first-order valence-electron chi connectivity index (χ1n) is 3.78. The van der Waals surface area contributed by atoms with E-state index in [4.69, 9.17) is 20.5 Å². The Morgan fingerprint density at radius 1 is 1.46 bits per heavy atom. The summed E-state index contributed by atoms with van der Waals surface area (Å²) in [6, 6.07) is 3.68. The van der Waals surface area contributed by atoms with Gasteiger partial charge in [-0.3, -0.25) is 0 Å². The maximum absolute atomic E-state index is 5.50. The van der Waals surface area contributed by atoms with Crippen LogP contribution in [0.3, 0.4) is 0 Å². The third-order valence-corrected chi connectivity index (χ3v) is 1.77. The number of nitrogens with zero attached hydrogens (tertiary/aromatic N) is 2. The molecule has 0 aliphatic heterocycles. The zero-order valence-electron chi connectivity index (χ0n) is 6.74. The van der Waals surface area contributed by atoms with Gasteiger partial charge < -0.3 is 8.94 Å². The van der Waals surface area contributed by atoms with Crippen molar-refractivity contribution in [2.75, 3.05) is 0 Å². The van der Waals surface area contributed by atoms with Gasteiger partial charge >= 0.3 is 0 Å². The lowest BCUT2D eigenvalue weighted by atomic mass is 10.3. The van der Waals surface area contributed by atoms with Crippen molar-refractivity contribution in [3.8, 4) is 0 Å². The van der Waals surface area contributed by atoms with Crippen molar-refractivity contribution in [1.29, 1.82) is 0 Å². The number of hydrogen-bond donors (Lipinski definition) is 0. The van der Waals surface area contributed by atoms with E-state index in [0.717, 1.165) is 5.76 Å². The first kappa shape index (κ1) is 8.31. The molecule has 0 N–H and O–H groups in total. The van der Waals surface area contributed by atoms with Crippen LogP contribution >= 0.6 is 11.6 Å². The van der Waals surface area contributed by atoms with Gasteiger partial charge in [-0.2, -0.15) is 4.98 Å². The maximum Gasteiger partial charge on any atom is 0.241 e. The van der Waals surface area contributed by atoms with Crippen molar-refractivity contribution < 1.29 is 8.94 Å². The summed E-state index contributed by atoms with van der Waals surface area (Å²) in [5.41, 5.74) is 0. The average molecular weight is 199 g/mol. The summed E-state index contributed by atoms with van der Waals surface area (Å²) in [4.78, 5) is 4.03. The van der Waals surface area contributed by atoms with Crippen LogP contribution in [-0.2, 0) is 12.3 Å². The van der Waals surface area contributed by atoms with Crippen LogP contribution in [0, 0.1) is 0 Å². The van der Waals surface area contributed by atoms with E-state index < -0.39 is 0 Å². The van der Waals surface area contributed by atoms with Gasteiger partial charge in [0.2, 0.25) is 5.89 Å². The van der Waals surface area contributed by atoms with Crippen molar-refractivity contribution in [3.05, 3.63) is 35.9 Å². The van der Waals surface area contributed by atoms with Crippen LogP contribution in [-0.4, -0.2) is 10.1 Å². The van der Waals surface area contributed by atoms with Crippen LogP contribution in [0.1, 0.15) is 17.5 Å². The van der Waals surface area contributed by atoms with Gasteiger partial charge in [0.05, 0.1) is 12.7 Å². The van der Waals surface area contributed by atoms with Gasteiger partial charge in [-0.05, 0) is 12.1 Å². The first-order valence-corrected chi connectivity index (χ1v) is 4.32. The minimum atomic E-state index is 0.241. The summed E-state index contributed by atoms with van der Waals surface area (Å²) in [6.07, 6.45) is 2.14. The molecule has 0 aliphatic carbocycles. The maximum atomic E-state index is 5.50. The number of hydrogen-bond acceptors (Lipinski definition) is 4. The molecule has 4 nitrogen and oxygen atoms in total. The second-order valence-electron chi connectivity index (χ2n) is 2.49. The van der Waals surface area contributed by atoms with Crippen LogP contribution in [0.25, 0.3) is 0 Å². The molecule has 0 amide bonds. The molecule has 5 heteroatoms. The van der Waals surface area contributed by atoms with Crippen LogP contribution in [0.4, 0.5) is 0 Å². The van der Waals surface area contributed by atoms with Crippen LogP contribution < -0.4 is 0 Å². The minimum absolute atomic E-state index is 0.241. The van der Waals surface area contributed by atoms with Crippen molar-refractivity contribution in [3.63, 3.8) is 0 Å². The lowest BCUT2D eigenvalue weighted by Gasteiger charge is -1.86. The van der Waals surface area contributed by atoms with Gasteiger partial charge in [-0.25, -0.2) is 0 Å². The van der Waals surface area contributed by atoms with E-state index in [9.17, 15) is 0 Å². The topological polar surface area (TPSA) is 52.1 Å². The van der Waals surface area contributed by atoms with Crippen LogP contribution in [0.5, 0.6) is 0 Å². The van der Waals surface area contributed by atoms with E-state index in [1.807, 2.05) is 12.1 Å². The van der Waals surface area contributed by atoms with E-state index >= 15 is 0 Å². The van der Waals surface area contributed by atoms with E-state index in [-0.39, 0.29) is 5.88 Å². The van der Waals surface area contributed by atoms with E-state index in [1.165, 1.54) is 0 Å². The van der Waals surface area contributed by atoms with Crippen LogP contribution in [0.15, 0.2) is 27.3 Å². The van der Waals surface area contributed by atoms with Gasteiger partial charge in [0.25, 0.3) is 0 Å². The Hall–Kier alpha value is -1.29. The monoisotopic (exact) mass is 198 g/mol. The first-order chi connectivity index (χ1) is 6.38. The minimum Gasteiger partial charge on any atom is -0.469 e. The Kier molecular flexibility index (Phi) is 2.31. The Balaban J connectivity index is 2.10. The molecule has 0 bridgehead atoms. The molecule has 0 unspecified atom stereocenters. The molecule has 0 radical (unpaired) electrons. The number of furan rings is 1. The Labute approximate surface area is 79.5 Å². The standard InChI is InChI=1S/C8H7ClN2O2/c9-5-8-10-7(11-13-8)4-6-2-1-3-12-6/h1-3H,4-5H2. The highest BCUT2D eigenvalue weighted by Crippen LogP contribution is 2.07. The molecule has 0 spiro atoms. The third-order valence-electron chi connectivity index (χ3n) is 1.54. The summed E-state index contributed by atoms with van der Waals surface area (Å²) in [5, 5.41) is 3.73. The molecular formula is C8H7ClN2O2. The summed E-state index contributed by atoms with van der Waals surface area (Å²) in [6.45, 7) is 0. The third kappa shape index (κ3) is 1.89. The fourth-order valence-electron chi connectivity index (χ4n) is 0.985. The summed E-state index contributed by atoms with van der Waals surface area (Å²) >= 11 is 5.50. The fraction of sp³-hybridized carbons (Fsp3) is 0.250. The van der Waals surface area contributed by atoms with E-state index in [1.54, 1.807) is 6.26 Å². The Morgan fingerprint density at radius 2 is 2.38 bits per heavy atom. The highest BCUT2D eigenvalue weighted by atomic mass is 35.5. The van der Waals surface area contributed by atoms with Gasteiger partial charge in [0, 0.05) is 0 Å². The molecule has 68 valence electrons. The van der Waals surface area contributed by atoms with Gasteiger partial charge in [-0.1, -0.05) is 5.16 Å². The second-order valence-corrected chi connectivity index (χ2v) is 2.76. The molecule has 0 aromatic carbocycles. The summed E-state index contributed by atoms with van der Waals surface area (Å²) in [7, 11) is 0. The predicted molar refractivity (Wildman–Crippen MR) is 45.4 cm³/mol. The molecular weight excluding hydrogens is 192 g/mol. The molecule has 2 rings (SSSR count). The smallest absolute Gasteiger partial charge is 0.241 e. The van der Waals surface area contributed by atoms with Crippen molar-refractivity contribution in [1.82, 2.24) is 10.1 Å². The molecule has 0 atom stereocenters. The molecule has 0 fully saturated rings. The predicted octanol–water partition coefficient (Wildman–Crippen LogP) is 1.99. The zero-order chi connectivity index (χ0) is 9.10. The van der Waals surface area contributed by atoms with Gasteiger partial charge in [0.15, 0.2) is 5.82 Å². The summed E-state index contributed by atoms with van der Waals surface area (Å²) in [5.74, 6) is 2.07. The Bertz CT molecular complexity index is 369. The lowest BCUT2D eigenvalue weighted by Crippen LogP contribution is -1.88. The van der Waals surface area contributed by atoms with E-state index in [2.05, 4.69) is 10.1 Å². The quantitative estimate of drug-likeness (QED) is 0.708. The van der Waals surface area contributed by atoms with Crippen molar-refractivity contribution >= 4 is 11.6 Å². The van der Waals surface area contributed by atoms with Gasteiger partial charge in [-0.15, -0.1) is 11.6 Å².